The molecule has 0 aliphatic carbocycles. The lowest BCUT2D eigenvalue weighted by atomic mass is 10.1. The largest absolute Gasteiger partial charge is 0.349 e. The van der Waals surface area contributed by atoms with Crippen LogP contribution in [0.1, 0.15) is 30.1 Å². The van der Waals surface area contributed by atoms with Crippen molar-refractivity contribution in [3.8, 4) is 0 Å². The molecular weight excluding hydrogens is 266 g/mol. The smallest absolute Gasteiger partial charge is 0.251 e. The topological polar surface area (TPSA) is 84.2 Å². The second kappa shape index (κ2) is 8.92. The predicted molar refractivity (Wildman–Crippen MR) is 85.1 cm³/mol. The number of hydrogen-bond acceptors (Lipinski definition) is 3. The number of nitrogens with one attached hydrogen (secondary N) is 2. The van der Waals surface area contributed by atoms with E-state index < -0.39 is 0 Å². The Morgan fingerprint density at radius 3 is 2.57 bits per heavy atom. The number of hydrogen-bond donors (Lipinski definition) is 3. The Kier molecular flexibility index (Phi) is 7.18. The molecule has 1 aromatic rings. The maximum absolute atomic E-state index is 11.8. The predicted octanol–water partition coefficient (Wildman–Crippen LogP) is 1.92. The van der Waals surface area contributed by atoms with Crippen LogP contribution in [0.5, 0.6) is 0 Å². The van der Waals surface area contributed by atoms with Crippen LogP contribution in [-0.4, -0.2) is 24.9 Å². The summed E-state index contributed by atoms with van der Waals surface area (Å²) in [4.78, 5) is 23.4. The third kappa shape index (κ3) is 6.23. The van der Waals surface area contributed by atoms with Gasteiger partial charge < -0.3 is 16.4 Å². The second-order valence-electron chi connectivity index (χ2n) is 5.00. The van der Waals surface area contributed by atoms with Crippen LogP contribution in [0.3, 0.4) is 0 Å². The molecular formula is C16H23N3O2. The molecule has 1 atom stereocenters. The van der Waals surface area contributed by atoms with Gasteiger partial charge in [-0.1, -0.05) is 13.0 Å². The number of rotatable bonds is 8. The van der Waals surface area contributed by atoms with Crippen LogP contribution in [0.25, 0.3) is 0 Å². The molecule has 114 valence electrons. The third-order valence-electron chi connectivity index (χ3n) is 3.10. The monoisotopic (exact) mass is 289 g/mol. The van der Waals surface area contributed by atoms with E-state index in [1.165, 1.54) is 0 Å². The number of carbonyl (C=O) groups excluding carboxylic acids is 2. The summed E-state index contributed by atoms with van der Waals surface area (Å²) < 4.78 is 0. The highest BCUT2D eigenvalue weighted by molar-refractivity contribution is 5.95. The van der Waals surface area contributed by atoms with Crippen LogP contribution in [-0.2, 0) is 4.79 Å². The van der Waals surface area contributed by atoms with Gasteiger partial charge in [-0.25, -0.2) is 0 Å². The zero-order valence-electron chi connectivity index (χ0n) is 12.4. The molecule has 0 heterocycles. The fourth-order valence-corrected chi connectivity index (χ4v) is 1.69. The van der Waals surface area contributed by atoms with Gasteiger partial charge in [0.05, 0.1) is 0 Å². The molecule has 0 aliphatic rings. The number of nitrogens with two attached hydrogens (primary N) is 1. The van der Waals surface area contributed by atoms with Crippen LogP contribution in [0, 0.1) is 5.92 Å². The van der Waals surface area contributed by atoms with Crippen molar-refractivity contribution in [2.24, 2.45) is 11.7 Å². The first kappa shape index (κ1) is 16.9. The van der Waals surface area contributed by atoms with Crippen molar-refractivity contribution in [1.29, 1.82) is 0 Å². The molecule has 0 aliphatic heterocycles. The summed E-state index contributed by atoms with van der Waals surface area (Å²) in [7, 11) is 0. The molecule has 0 bridgehead atoms. The van der Waals surface area contributed by atoms with Crippen molar-refractivity contribution in [3.63, 3.8) is 0 Å². The molecule has 1 unspecified atom stereocenters. The third-order valence-corrected chi connectivity index (χ3v) is 3.10. The van der Waals surface area contributed by atoms with E-state index in [0.29, 0.717) is 36.7 Å². The Labute approximate surface area is 125 Å². The lowest BCUT2D eigenvalue weighted by molar-refractivity contribution is -0.116. The molecule has 1 aromatic carbocycles. The first-order valence-electron chi connectivity index (χ1n) is 7.06. The van der Waals surface area contributed by atoms with Gasteiger partial charge in [-0.05, 0) is 43.1 Å². The summed E-state index contributed by atoms with van der Waals surface area (Å²) in [6.07, 6.45) is 2.83. The summed E-state index contributed by atoms with van der Waals surface area (Å²) in [6, 6.07) is 6.78. The highest BCUT2D eigenvalue weighted by Gasteiger charge is 2.07. The van der Waals surface area contributed by atoms with E-state index in [9.17, 15) is 9.59 Å². The van der Waals surface area contributed by atoms with Gasteiger partial charge in [0.2, 0.25) is 5.91 Å². The van der Waals surface area contributed by atoms with Crippen molar-refractivity contribution >= 4 is 17.5 Å². The first-order chi connectivity index (χ1) is 10.1. The minimum Gasteiger partial charge on any atom is -0.349 e. The number of carbonyl (C=O) groups is 2. The van der Waals surface area contributed by atoms with Crippen LogP contribution in [0.15, 0.2) is 36.9 Å². The minimum atomic E-state index is -0.162. The molecule has 0 fully saturated rings. The molecule has 0 saturated heterocycles. The highest BCUT2D eigenvalue weighted by atomic mass is 16.2. The molecule has 5 nitrogen and oxygen atoms in total. The fraction of sp³-hybridized carbons (Fsp3) is 0.375. The average Bonchev–Trinajstić information content (AvgIpc) is 2.50. The molecule has 2 amide bonds. The molecule has 0 spiro atoms. The number of amides is 2. The van der Waals surface area contributed by atoms with Crippen LogP contribution < -0.4 is 16.4 Å². The molecule has 4 N–H and O–H groups in total. The van der Waals surface area contributed by atoms with Gasteiger partial charge in [-0.2, -0.15) is 0 Å². The summed E-state index contributed by atoms with van der Waals surface area (Å²) in [5.41, 5.74) is 6.74. The molecule has 21 heavy (non-hydrogen) atoms. The molecule has 0 aromatic heterocycles. The van der Waals surface area contributed by atoms with Crippen molar-refractivity contribution in [3.05, 3.63) is 42.5 Å². The lowest BCUT2D eigenvalue weighted by Crippen LogP contribution is -2.23. The summed E-state index contributed by atoms with van der Waals surface area (Å²) in [5, 5.41) is 5.49. The Morgan fingerprint density at radius 2 is 2.00 bits per heavy atom. The maximum Gasteiger partial charge on any atom is 0.251 e. The summed E-state index contributed by atoms with van der Waals surface area (Å²) in [5.74, 6) is 0.135. The standard InChI is InChI=1S/C16H23N3O2/c1-3-10-18-16(21)13-5-7-14(8-6-13)19-15(20)9-4-12(2)11-17/h3,5-8,12H,1,4,9-11,17H2,2H3,(H,18,21)(H,19,20). The van der Waals surface area contributed by atoms with Crippen molar-refractivity contribution in [2.45, 2.75) is 19.8 Å². The lowest BCUT2D eigenvalue weighted by Gasteiger charge is -2.09. The Hall–Kier alpha value is -2.14. The number of anilines is 1. The van der Waals surface area contributed by atoms with Gasteiger partial charge in [-0.15, -0.1) is 6.58 Å². The van der Waals surface area contributed by atoms with E-state index in [1.54, 1.807) is 30.3 Å². The van der Waals surface area contributed by atoms with Crippen LogP contribution in [0.4, 0.5) is 5.69 Å². The van der Waals surface area contributed by atoms with Crippen molar-refractivity contribution < 1.29 is 9.59 Å². The van der Waals surface area contributed by atoms with Crippen LogP contribution in [0.2, 0.25) is 0 Å². The van der Waals surface area contributed by atoms with E-state index in [4.69, 9.17) is 5.73 Å². The Bertz CT molecular complexity index is 483. The Balaban J connectivity index is 2.48. The van der Waals surface area contributed by atoms with E-state index in [-0.39, 0.29) is 11.8 Å². The molecule has 1 rings (SSSR count). The normalized spacial score (nSPS) is 11.5. The van der Waals surface area contributed by atoms with Gasteiger partial charge >= 0.3 is 0 Å². The minimum absolute atomic E-state index is 0.0424. The van der Waals surface area contributed by atoms with E-state index in [1.807, 2.05) is 6.92 Å². The van der Waals surface area contributed by atoms with Gasteiger partial charge in [0, 0.05) is 24.2 Å². The van der Waals surface area contributed by atoms with Gasteiger partial charge in [0.1, 0.15) is 0 Å². The summed E-state index contributed by atoms with van der Waals surface area (Å²) in [6.45, 7) is 6.57. The van der Waals surface area contributed by atoms with Crippen LogP contribution >= 0.6 is 0 Å². The molecule has 0 saturated carbocycles. The zero-order valence-corrected chi connectivity index (χ0v) is 12.4. The summed E-state index contributed by atoms with van der Waals surface area (Å²) >= 11 is 0. The average molecular weight is 289 g/mol. The SMILES string of the molecule is C=CCNC(=O)c1ccc(NC(=O)CCC(C)CN)cc1. The molecule has 0 radical (unpaired) electrons. The van der Waals surface area contributed by atoms with E-state index in [2.05, 4.69) is 17.2 Å². The van der Waals surface area contributed by atoms with Gasteiger partial charge in [0.15, 0.2) is 0 Å². The van der Waals surface area contributed by atoms with Crippen molar-refractivity contribution in [2.75, 3.05) is 18.4 Å². The zero-order chi connectivity index (χ0) is 15.7. The van der Waals surface area contributed by atoms with E-state index in [0.717, 1.165) is 6.42 Å². The van der Waals surface area contributed by atoms with Crippen molar-refractivity contribution in [1.82, 2.24) is 5.32 Å². The fourth-order valence-electron chi connectivity index (χ4n) is 1.69. The Morgan fingerprint density at radius 1 is 1.33 bits per heavy atom. The first-order valence-corrected chi connectivity index (χ1v) is 7.06. The van der Waals surface area contributed by atoms with Gasteiger partial charge in [-0.3, -0.25) is 9.59 Å². The number of benzene rings is 1. The molecule has 5 heteroatoms. The van der Waals surface area contributed by atoms with E-state index >= 15 is 0 Å². The van der Waals surface area contributed by atoms with Gasteiger partial charge in [0.25, 0.3) is 5.91 Å². The maximum atomic E-state index is 11.8. The highest BCUT2D eigenvalue weighted by Crippen LogP contribution is 2.11. The second-order valence-corrected chi connectivity index (χ2v) is 5.00. The quantitative estimate of drug-likeness (QED) is 0.639.